The van der Waals surface area contributed by atoms with Crippen LogP contribution in [0.2, 0.25) is 0 Å². The van der Waals surface area contributed by atoms with Crippen molar-refractivity contribution in [3.63, 3.8) is 0 Å². The number of nitrogens with one attached hydrogen (secondary N) is 1. The fraction of sp³-hybridized carbons (Fsp3) is 0.192. The lowest BCUT2D eigenvalue weighted by molar-refractivity contribution is 0.0697. The van der Waals surface area contributed by atoms with E-state index < -0.39 is 17.6 Å². The Labute approximate surface area is 200 Å². The van der Waals surface area contributed by atoms with Crippen LogP contribution in [0.1, 0.15) is 51.1 Å². The quantitative estimate of drug-likeness (QED) is 0.457. The number of hydrogen-bond acceptors (Lipinski definition) is 7. The minimum absolute atomic E-state index is 0.00485. The lowest BCUT2D eigenvalue weighted by atomic mass is 10.1. The first-order valence-corrected chi connectivity index (χ1v) is 11.1. The highest BCUT2D eigenvalue weighted by Gasteiger charge is 2.26. The van der Waals surface area contributed by atoms with Crippen LogP contribution in [0.15, 0.2) is 59.8 Å². The minimum Gasteiger partial charge on any atom is -0.478 e. The first kappa shape index (κ1) is 22.1. The molecular formula is C26H22N6O3. The van der Waals surface area contributed by atoms with Crippen LogP contribution in [0.5, 0.6) is 0 Å². The molecule has 0 spiro atoms. The topological polar surface area (TPSA) is 124 Å². The van der Waals surface area contributed by atoms with Gasteiger partial charge in [0, 0.05) is 37.2 Å². The molecule has 0 radical (unpaired) electrons. The molecule has 174 valence electrons. The van der Waals surface area contributed by atoms with Crippen molar-refractivity contribution in [2.24, 2.45) is 0 Å². The maximum absolute atomic E-state index is 13.4. The van der Waals surface area contributed by atoms with Gasteiger partial charge >= 0.3 is 5.97 Å². The number of aromatic carboxylic acids is 1. The Morgan fingerprint density at radius 3 is 2.60 bits per heavy atom. The molecule has 1 aromatic carbocycles. The number of pyridine rings is 2. The fourth-order valence-corrected chi connectivity index (χ4v) is 4.53. The zero-order valence-electron chi connectivity index (χ0n) is 19.2. The average molecular weight is 467 g/mol. The van der Waals surface area contributed by atoms with E-state index in [0.717, 1.165) is 16.7 Å². The van der Waals surface area contributed by atoms with Crippen LogP contribution in [0.4, 0.5) is 11.5 Å². The van der Waals surface area contributed by atoms with E-state index in [1.54, 1.807) is 12.3 Å². The van der Waals surface area contributed by atoms with Crippen molar-refractivity contribution in [1.29, 1.82) is 5.26 Å². The predicted molar refractivity (Wildman–Crippen MR) is 130 cm³/mol. The van der Waals surface area contributed by atoms with E-state index in [-0.39, 0.29) is 11.1 Å². The zero-order chi connectivity index (χ0) is 24.7. The maximum Gasteiger partial charge on any atom is 0.339 e. The number of carboxylic acids is 1. The van der Waals surface area contributed by atoms with Gasteiger partial charge in [-0.1, -0.05) is 24.3 Å². The molecule has 1 aliphatic rings. The Hall–Kier alpha value is -4.71. The van der Waals surface area contributed by atoms with Crippen LogP contribution in [-0.4, -0.2) is 25.4 Å². The van der Waals surface area contributed by atoms with Crippen molar-refractivity contribution in [3.8, 4) is 6.07 Å². The summed E-state index contributed by atoms with van der Waals surface area (Å²) in [4.78, 5) is 35.7. The Balaban J connectivity index is 1.64. The Kier molecular flexibility index (Phi) is 5.41. The van der Waals surface area contributed by atoms with Gasteiger partial charge in [0.1, 0.15) is 17.3 Å². The average Bonchev–Trinajstić information content (AvgIpc) is 3.28. The standard InChI is InChI=1S/C26H22N6O3/c1-15-9-19(16(2)29-22-7-8-28-11-21(22)26(34)35)24-30-23(20(10-27)25(33)32(24)12-15)31-13-17-5-3-4-6-18(17)14-31/h3-9,11-12,16H,13-14H2,1-2H3,(H,28,29)(H,34,35)/t16-/m1/s1. The second kappa shape index (κ2) is 8.57. The number of nitrogens with zero attached hydrogens (tertiary/aromatic N) is 5. The van der Waals surface area contributed by atoms with Gasteiger partial charge in [-0.3, -0.25) is 14.2 Å². The first-order chi connectivity index (χ1) is 16.9. The summed E-state index contributed by atoms with van der Waals surface area (Å²) in [5.41, 5.74) is 4.21. The van der Waals surface area contributed by atoms with Gasteiger partial charge in [-0.05, 0) is 42.7 Å². The highest BCUT2D eigenvalue weighted by atomic mass is 16.4. The molecule has 1 aliphatic heterocycles. The van der Waals surface area contributed by atoms with Gasteiger partial charge in [0.25, 0.3) is 5.56 Å². The smallest absolute Gasteiger partial charge is 0.339 e. The third-order valence-corrected chi connectivity index (χ3v) is 6.21. The molecule has 4 aromatic rings. The van der Waals surface area contributed by atoms with E-state index in [0.29, 0.717) is 35.8 Å². The van der Waals surface area contributed by atoms with Crippen LogP contribution in [0, 0.1) is 18.3 Å². The van der Waals surface area contributed by atoms with Gasteiger partial charge in [0.05, 0.1) is 11.7 Å². The lowest BCUT2D eigenvalue weighted by Crippen LogP contribution is -2.27. The lowest BCUT2D eigenvalue weighted by Gasteiger charge is -2.22. The summed E-state index contributed by atoms with van der Waals surface area (Å²) in [6.07, 6.45) is 4.47. The number of carboxylic acid groups (broad SMARTS) is 1. The summed E-state index contributed by atoms with van der Waals surface area (Å²) in [6, 6.07) is 13.2. The summed E-state index contributed by atoms with van der Waals surface area (Å²) in [7, 11) is 0. The van der Waals surface area contributed by atoms with E-state index in [2.05, 4.69) is 16.4 Å². The molecule has 1 atom stereocenters. The summed E-state index contributed by atoms with van der Waals surface area (Å²) in [6.45, 7) is 4.84. The summed E-state index contributed by atoms with van der Waals surface area (Å²) >= 11 is 0. The number of carbonyl (C=O) groups is 1. The number of aryl methyl sites for hydroxylation is 1. The van der Waals surface area contributed by atoms with Gasteiger partial charge in [-0.15, -0.1) is 0 Å². The molecule has 2 N–H and O–H groups in total. The molecule has 0 bridgehead atoms. The Morgan fingerprint density at radius 1 is 1.23 bits per heavy atom. The normalized spacial score (nSPS) is 13.3. The number of rotatable bonds is 5. The van der Waals surface area contributed by atoms with Crippen LogP contribution in [0.3, 0.4) is 0 Å². The van der Waals surface area contributed by atoms with Crippen molar-refractivity contribution in [3.05, 3.63) is 98.7 Å². The molecule has 0 aliphatic carbocycles. The number of fused-ring (bicyclic) bond motifs is 2. The number of anilines is 2. The van der Waals surface area contributed by atoms with Crippen molar-refractivity contribution >= 4 is 23.1 Å². The fourth-order valence-electron chi connectivity index (χ4n) is 4.53. The largest absolute Gasteiger partial charge is 0.478 e. The third kappa shape index (κ3) is 3.85. The van der Waals surface area contributed by atoms with Gasteiger partial charge in [0.15, 0.2) is 11.4 Å². The molecule has 35 heavy (non-hydrogen) atoms. The first-order valence-electron chi connectivity index (χ1n) is 11.1. The van der Waals surface area contributed by atoms with Crippen molar-refractivity contribution in [1.82, 2.24) is 14.4 Å². The highest BCUT2D eigenvalue weighted by Crippen LogP contribution is 2.30. The monoisotopic (exact) mass is 466 g/mol. The minimum atomic E-state index is -1.09. The molecule has 0 saturated heterocycles. The highest BCUT2D eigenvalue weighted by molar-refractivity contribution is 5.93. The van der Waals surface area contributed by atoms with Crippen LogP contribution < -0.4 is 15.8 Å². The second-order valence-corrected chi connectivity index (χ2v) is 8.61. The summed E-state index contributed by atoms with van der Waals surface area (Å²) in [5, 5.41) is 22.6. The van der Waals surface area contributed by atoms with E-state index >= 15 is 0 Å². The van der Waals surface area contributed by atoms with Gasteiger partial charge in [0.2, 0.25) is 0 Å². The van der Waals surface area contributed by atoms with Gasteiger partial charge in [-0.25, -0.2) is 9.78 Å². The molecule has 0 saturated carbocycles. The maximum atomic E-state index is 13.4. The number of aromatic nitrogens is 3. The molecule has 5 rings (SSSR count). The Bertz CT molecular complexity index is 1560. The molecule has 9 heteroatoms. The van der Waals surface area contributed by atoms with Crippen molar-refractivity contribution < 1.29 is 9.90 Å². The van der Waals surface area contributed by atoms with E-state index in [1.807, 2.05) is 49.1 Å². The van der Waals surface area contributed by atoms with E-state index in [4.69, 9.17) is 4.98 Å². The zero-order valence-corrected chi connectivity index (χ0v) is 19.2. The SMILES string of the molecule is Cc1cc([C@@H](C)Nc2ccncc2C(=O)O)c2nc(N3Cc4ccccc4C3)c(C#N)c(=O)n2c1. The molecule has 0 fully saturated rings. The molecule has 9 nitrogen and oxygen atoms in total. The van der Waals surface area contributed by atoms with Gasteiger partial charge < -0.3 is 15.3 Å². The van der Waals surface area contributed by atoms with Crippen LogP contribution in [0.25, 0.3) is 5.65 Å². The molecule has 3 aromatic heterocycles. The number of nitriles is 1. The van der Waals surface area contributed by atoms with Gasteiger partial charge in [-0.2, -0.15) is 5.26 Å². The van der Waals surface area contributed by atoms with Crippen LogP contribution >= 0.6 is 0 Å². The summed E-state index contributed by atoms with van der Waals surface area (Å²) in [5.74, 6) is -0.744. The molecular weight excluding hydrogens is 444 g/mol. The van der Waals surface area contributed by atoms with E-state index in [1.165, 1.54) is 16.8 Å². The molecule has 0 amide bonds. The van der Waals surface area contributed by atoms with Crippen LogP contribution in [-0.2, 0) is 13.1 Å². The summed E-state index contributed by atoms with van der Waals surface area (Å²) < 4.78 is 1.40. The number of benzene rings is 1. The third-order valence-electron chi connectivity index (χ3n) is 6.21. The number of hydrogen-bond donors (Lipinski definition) is 2. The molecule has 0 unspecified atom stereocenters. The van der Waals surface area contributed by atoms with E-state index in [9.17, 15) is 20.0 Å². The Morgan fingerprint density at radius 2 is 1.94 bits per heavy atom. The predicted octanol–water partition coefficient (Wildman–Crippen LogP) is 3.66. The molecule has 4 heterocycles. The van der Waals surface area contributed by atoms with Crippen molar-refractivity contribution in [2.75, 3.05) is 10.2 Å². The van der Waals surface area contributed by atoms with Crippen molar-refractivity contribution in [2.45, 2.75) is 33.0 Å². The second-order valence-electron chi connectivity index (χ2n) is 8.61.